The molecular formula is C12H24O7. The number of carbonyl (C=O) groups is 1. The molecule has 0 heterocycles. The summed E-state index contributed by atoms with van der Waals surface area (Å²) < 4.78 is 29.6. The van der Waals surface area contributed by atoms with Crippen LogP contribution in [0.3, 0.4) is 0 Å². The van der Waals surface area contributed by atoms with Crippen LogP contribution in [-0.4, -0.2) is 66.8 Å². The van der Waals surface area contributed by atoms with Crippen LogP contribution < -0.4 is 0 Å². The Balaban J connectivity index is 3.12. The number of methoxy groups -OCH3 is 2. The lowest BCUT2D eigenvalue weighted by atomic mass is 10.3. The third kappa shape index (κ3) is 15.2. The number of rotatable bonds is 14. The largest absolute Gasteiger partial charge is 0.438 e. The normalized spacial score (nSPS) is 10.6. The lowest BCUT2D eigenvalue weighted by Crippen LogP contribution is -2.12. The van der Waals surface area contributed by atoms with Crippen LogP contribution in [0.2, 0.25) is 0 Å². The van der Waals surface area contributed by atoms with E-state index in [0.29, 0.717) is 45.9 Å². The molecular weight excluding hydrogens is 256 g/mol. The zero-order chi connectivity index (χ0) is 14.2. The maximum Gasteiger partial charge on any atom is 0.307 e. The van der Waals surface area contributed by atoms with Crippen molar-refractivity contribution in [2.75, 3.05) is 60.8 Å². The van der Waals surface area contributed by atoms with E-state index in [1.807, 2.05) is 0 Å². The SMILES string of the molecule is COCCOCOCCCC(=O)OCOCCOC. The molecule has 19 heavy (non-hydrogen) atoms. The lowest BCUT2D eigenvalue weighted by Gasteiger charge is -2.06. The highest BCUT2D eigenvalue weighted by molar-refractivity contribution is 5.69. The van der Waals surface area contributed by atoms with E-state index in [1.54, 1.807) is 14.2 Å². The van der Waals surface area contributed by atoms with Crippen LogP contribution in [0, 0.1) is 0 Å². The van der Waals surface area contributed by atoms with Crippen molar-refractivity contribution in [2.45, 2.75) is 12.8 Å². The first-order valence-electron chi connectivity index (χ1n) is 6.18. The Kier molecular flexibility index (Phi) is 14.7. The molecule has 0 aliphatic heterocycles. The maximum absolute atomic E-state index is 11.2. The van der Waals surface area contributed by atoms with Crippen molar-refractivity contribution in [2.24, 2.45) is 0 Å². The highest BCUT2D eigenvalue weighted by Crippen LogP contribution is 1.94. The van der Waals surface area contributed by atoms with Gasteiger partial charge in [0.1, 0.15) is 6.79 Å². The summed E-state index contributed by atoms with van der Waals surface area (Å²) in [6, 6.07) is 0. The third-order valence-corrected chi connectivity index (χ3v) is 2.00. The molecule has 0 bridgehead atoms. The van der Waals surface area contributed by atoms with Crippen molar-refractivity contribution in [1.82, 2.24) is 0 Å². The molecule has 0 rings (SSSR count). The molecule has 0 aromatic carbocycles. The highest BCUT2D eigenvalue weighted by atomic mass is 16.7. The highest BCUT2D eigenvalue weighted by Gasteiger charge is 2.02. The van der Waals surface area contributed by atoms with Gasteiger partial charge in [-0.2, -0.15) is 0 Å². The van der Waals surface area contributed by atoms with Gasteiger partial charge in [-0.05, 0) is 6.42 Å². The molecule has 0 N–H and O–H groups in total. The Hall–Kier alpha value is -0.730. The van der Waals surface area contributed by atoms with E-state index in [9.17, 15) is 4.79 Å². The van der Waals surface area contributed by atoms with Crippen LogP contribution in [-0.2, 0) is 33.2 Å². The molecule has 0 fully saturated rings. The molecule has 0 atom stereocenters. The van der Waals surface area contributed by atoms with E-state index < -0.39 is 0 Å². The summed E-state index contributed by atoms with van der Waals surface area (Å²) in [6.07, 6.45) is 0.885. The number of carbonyl (C=O) groups excluding carboxylic acids is 1. The molecule has 0 unspecified atom stereocenters. The summed E-state index contributed by atoms with van der Waals surface area (Å²) in [5.41, 5.74) is 0. The van der Waals surface area contributed by atoms with E-state index in [0.717, 1.165) is 0 Å². The summed E-state index contributed by atoms with van der Waals surface area (Å²) >= 11 is 0. The van der Waals surface area contributed by atoms with Gasteiger partial charge in [0, 0.05) is 27.2 Å². The van der Waals surface area contributed by atoms with Crippen LogP contribution in [0.25, 0.3) is 0 Å². The van der Waals surface area contributed by atoms with Crippen molar-refractivity contribution >= 4 is 5.97 Å². The fourth-order valence-electron chi connectivity index (χ4n) is 1.02. The summed E-state index contributed by atoms with van der Waals surface area (Å²) in [5.74, 6) is -0.304. The average molecular weight is 280 g/mol. The predicted octanol–water partition coefficient (Wildman–Crippen LogP) is 0.567. The van der Waals surface area contributed by atoms with E-state index in [-0.39, 0.29) is 19.6 Å². The van der Waals surface area contributed by atoms with Gasteiger partial charge in [0.05, 0.1) is 26.4 Å². The van der Waals surface area contributed by atoms with E-state index in [4.69, 9.17) is 28.4 Å². The quantitative estimate of drug-likeness (QED) is 0.261. The smallest absolute Gasteiger partial charge is 0.307 e. The van der Waals surface area contributed by atoms with E-state index >= 15 is 0 Å². The predicted molar refractivity (Wildman–Crippen MR) is 66.7 cm³/mol. The van der Waals surface area contributed by atoms with Gasteiger partial charge in [-0.1, -0.05) is 0 Å². The molecule has 0 radical (unpaired) electrons. The molecule has 7 heteroatoms. The monoisotopic (exact) mass is 280 g/mol. The Morgan fingerprint density at radius 3 is 2.00 bits per heavy atom. The number of hydrogen-bond donors (Lipinski definition) is 0. The summed E-state index contributed by atoms with van der Waals surface area (Å²) in [6.45, 7) is 2.55. The zero-order valence-electron chi connectivity index (χ0n) is 11.7. The maximum atomic E-state index is 11.2. The summed E-state index contributed by atoms with van der Waals surface area (Å²) in [7, 11) is 3.18. The second-order valence-electron chi connectivity index (χ2n) is 3.57. The minimum Gasteiger partial charge on any atom is -0.438 e. The van der Waals surface area contributed by atoms with Crippen molar-refractivity contribution < 1.29 is 33.2 Å². The molecule has 0 saturated carbocycles. The number of esters is 1. The molecule has 0 aliphatic carbocycles. The lowest BCUT2D eigenvalue weighted by molar-refractivity contribution is -0.157. The van der Waals surface area contributed by atoms with Gasteiger partial charge in [-0.3, -0.25) is 4.79 Å². The average Bonchev–Trinajstić information content (AvgIpc) is 2.41. The molecule has 0 aliphatic rings. The van der Waals surface area contributed by atoms with Crippen LogP contribution in [0.1, 0.15) is 12.8 Å². The zero-order valence-corrected chi connectivity index (χ0v) is 11.7. The first-order valence-corrected chi connectivity index (χ1v) is 6.18. The molecule has 0 aromatic heterocycles. The second kappa shape index (κ2) is 15.3. The van der Waals surface area contributed by atoms with Gasteiger partial charge >= 0.3 is 5.97 Å². The van der Waals surface area contributed by atoms with Crippen LogP contribution >= 0.6 is 0 Å². The van der Waals surface area contributed by atoms with Crippen LogP contribution in [0.4, 0.5) is 0 Å². The second-order valence-corrected chi connectivity index (χ2v) is 3.57. The van der Waals surface area contributed by atoms with Crippen LogP contribution in [0.5, 0.6) is 0 Å². The van der Waals surface area contributed by atoms with Crippen molar-refractivity contribution in [3.05, 3.63) is 0 Å². The van der Waals surface area contributed by atoms with Gasteiger partial charge in [-0.15, -0.1) is 0 Å². The van der Waals surface area contributed by atoms with E-state index in [2.05, 4.69) is 0 Å². The van der Waals surface area contributed by atoms with Crippen LogP contribution in [0.15, 0.2) is 0 Å². The van der Waals surface area contributed by atoms with Gasteiger partial charge in [0.25, 0.3) is 0 Å². The first-order chi connectivity index (χ1) is 9.31. The van der Waals surface area contributed by atoms with Gasteiger partial charge in [0.15, 0.2) is 6.79 Å². The minimum absolute atomic E-state index is 0.0385. The Labute approximate surface area is 114 Å². The molecule has 0 saturated heterocycles. The van der Waals surface area contributed by atoms with Crippen molar-refractivity contribution in [3.8, 4) is 0 Å². The number of ether oxygens (including phenoxy) is 6. The Bertz CT molecular complexity index is 199. The van der Waals surface area contributed by atoms with Gasteiger partial charge in [-0.25, -0.2) is 0 Å². The minimum atomic E-state index is -0.304. The third-order valence-electron chi connectivity index (χ3n) is 2.00. The van der Waals surface area contributed by atoms with E-state index in [1.165, 1.54) is 0 Å². The Morgan fingerprint density at radius 1 is 0.789 bits per heavy atom. The first kappa shape index (κ1) is 18.3. The standard InChI is InChI=1S/C12H24O7/c1-14-6-8-17-10-16-5-3-4-12(13)19-11-18-9-7-15-2/h3-11H2,1-2H3. The number of hydrogen-bond acceptors (Lipinski definition) is 7. The molecule has 7 nitrogen and oxygen atoms in total. The topological polar surface area (TPSA) is 72.5 Å². The molecule has 0 amide bonds. The Morgan fingerprint density at radius 2 is 1.37 bits per heavy atom. The summed E-state index contributed by atoms with van der Waals surface area (Å²) in [4.78, 5) is 11.2. The fourth-order valence-corrected chi connectivity index (χ4v) is 1.02. The fraction of sp³-hybridized carbons (Fsp3) is 0.917. The summed E-state index contributed by atoms with van der Waals surface area (Å²) in [5, 5.41) is 0. The molecule has 114 valence electrons. The molecule has 0 aromatic rings. The van der Waals surface area contributed by atoms with Crippen molar-refractivity contribution in [3.63, 3.8) is 0 Å². The molecule has 0 spiro atoms. The van der Waals surface area contributed by atoms with Gasteiger partial charge < -0.3 is 28.4 Å². The van der Waals surface area contributed by atoms with Crippen molar-refractivity contribution in [1.29, 1.82) is 0 Å². The van der Waals surface area contributed by atoms with Gasteiger partial charge in [0.2, 0.25) is 0 Å².